The molecular formula is C26H31N3O3. The Bertz CT molecular complexity index is 1090. The van der Waals surface area contributed by atoms with Gasteiger partial charge in [-0.1, -0.05) is 30.9 Å². The third-order valence-electron chi connectivity index (χ3n) is 5.26. The summed E-state index contributed by atoms with van der Waals surface area (Å²) in [7, 11) is 1.65. The topological polar surface area (TPSA) is 65.4 Å². The van der Waals surface area contributed by atoms with Gasteiger partial charge in [-0.25, -0.2) is 4.98 Å². The van der Waals surface area contributed by atoms with Crippen molar-refractivity contribution in [2.45, 2.75) is 38.8 Å². The van der Waals surface area contributed by atoms with Gasteiger partial charge < -0.3 is 19.4 Å². The molecule has 1 atom stereocenters. The summed E-state index contributed by atoms with van der Waals surface area (Å²) in [5.74, 6) is 2.10. The molecule has 1 unspecified atom stereocenters. The highest BCUT2D eigenvalue weighted by Crippen LogP contribution is 2.28. The number of methoxy groups -OCH3 is 1. The largest absolute Gasteiger partial charge is 0.493 e. The number of aromatic nitrogens is 2. The molecule has 0 saturated heterocycles. The summed E-state index contributed by atoms with van der Waals surface area (Å²) >= 11 is 0. The van der Waals surface area contributed by atoms with Gasteiger partial charge in [-0.2, -0.15) is 0 Å². The number of hydrogen-bond donors (Lipinski definition) is 1. The van der Waals surface area contributed by atoms with E-state index in [1.807, 2.05) is 49.4 Å². The maximum absolute atomic E-state index is 11.8. The maximum Gasteiger partial charge on any atom is 0.243 e. The fraction of sp³-hybridized carbons (Fsp3) is 0.308. The first kappa shape index (κ1) is 23.1. The van der Waals surface area contributed by atoms with Crippen molar-refractivity contribution in [1.82, 2.24) is 14.9 Å². The lowest BCUT2D eigenvalue weighted by atomic mass is 10.1. The van der Waals surface area contributed by atoms with Crippen molar-refractivity contribution >= 4 is 16.9 Å². The highest BCUT2D eigenvalue weighted by Gasteiger charge is 2.17. The number of nitrogens with one attached hydrogen (secondary N) is 1. The summed E-state index contributed by atoms with van der Waals surface area (Å²) in [6, 6.07) is 13.8. The number of hydrogen-bond acceptors (Lipinski definition) is 4. The van der Waals surface area contributed by atoms with E-state index in [1.165, 1.54) is 6.08 Å². The van der Waals surface area contributed by atoms with Crippen molar-refractivity contribution in [2.24, 2.45) is 0 Å². The third kappa shape index (κ3) is 5.58. The molecule has 0 aliphatic rings. The number of aryl methyl sites for hydroxylation is 1. The van der Waals surface area contributed by atoms with E-state index in [0.717, 1.165) is 59.7 Å². The van der Waals surface area contributed by atoms with E-state index in [-0.39, 0.29) is 11.9 Å². The standard InChI is InChI=1S/C26H31N3O3/c1-5-11-20-14-15-23(24(18-20)31-4)32-17-10-9-16-29-22-13-8-7-12-21(22)28-26(29)19(3)27-25(30)6-2/h5-8,12-15,18-19H,1-2,9-11,16-17H2,3-4H3,(H,27,30). The van der Waals surface area contributed by atoms with Crippen LogP contribution in [0.15, 0.2) is 67.8 Å². The number of para-hydroxylation sites is 2. The molecule has 1 aromatic heterocycles. The Morgan fingerprint density at radius 2 is 2.00 bits per heavy atom. The smallest absolute Gasteiger partial charge is 0.243 e. The van der Waals surface area contributed by atoms with Crippen molar-refractivity contribution < 1.29 is 14.3 Å². The first-order chi connectivity index (χ1) is 15.6. The number of amides is 1. The molecule has 0 spiro atoms. The average Bonchev–Trinajstić information content (AvgIpc) is 3.18. The van der Waals surface area contributed by atoms with E-state index in [0.29, 0.717) is 6.61 Å². The lowest BCUT2D eigenvalue weighted by Gasteiger charge is -2.16. The monoisotopic (exact) mass is 433 g/mol. The number of imidazole rings is 1. The summed E-state index contributed by atoms with van der Waals surface area (Å²) in [4.78, 5) is 16.5. The number of ether oxygens (including phenoxy) is 2. The number of fused-ring (bicyclic) bond motifs is 1. The minimum atomic E-state index is -0.220. The SMILES string of the molecule is C=CCc1ccc(OCCCCn2c(C(C)NC(=O)C=C)nc3ccccc32)c(OC)c1. The van der Waals surface area contributed by atoms with Crippen molar-refractivity contribution in [3.05, 3.63) is 79.2 Å². The van der Waals surface area contributed by atoms with Crippen LogP contribution in [0, 0.1) is 0 Å². The van der Waals surface area contributed by atoms with Gasteiger partial charge in [0.15, 0.2) is 11.5 Å². The van der Waals surface area contributed by atoms with Gasteiger partial charge in [0.1, 0.15) is 5.82 Å². The molecule has 3 rings (SSSR count). The number of benzene rings is 2. The highest BCUT2D eigenvalue weighted by molar-refractivity contribution is 5.87. The van der Waals surface area contributed by atoms with Crippen LogP contribution in [0.1, 0.15) is 37.2 Å². The van der Waals surface area contributed by atoms with Gasteiger partial charge in [0.05, 0.1) is 30.8 Å². The van der Waals surface area contributed by atoms with Crippen LogP contribution in [0.2, 0.25) is 0 Å². The molecule has 0 radical (unpaired) electrons. The van der Waals surface area contributed by atoms with E-state index < -0.39 is 0 Å². The summed E-state index contributed by atoms with van der Waals surface area (Å²) in [5.41, 5.74) is 3.12. The molecule has 2 aromatic carbocycles. The zero-order valence-electron chi connectivity index (χ0n) is 18.8. The maximum atomic E-state index is 11.8. The van der Waals surface area contributed by atoms with Crippen LogP contribution in [0.3, 0.4) is 0 Å². The van der Waals surface area contributed by atoms with Gasteiger partial charge in [-0.05, 0) is 62.1 Å². The van der Waals surface area contributed by atoms with Gasteiger partial charge in [-0.15, -0.1) is 6.58 Å². The predicted octanol–water partition coefficient (Wildman–Crippen LogP) is 5.00. The van der Waals surface area contributed by atoms with Gasteiger partial charge in [0, 0.05) is 6.54 Å². The lowest BCUT2D eigenvalue weighted by Crippen LogP contribution is -2.27. The zero-order chi connectivity index (χ0) is 22.9. The number of allylic oxidation sites excluding steroid dienone is 1. The van der Waals surface area contributed by atoms with Crippen LogP contribution in [-0.4, -0.2) is 29.2 Å². The van der Waals surface area contributed by atoms with E-state index in [1.54, 1.807) is 7.11 Å². The molecule has 1 N–H and O–H groups in total. The van der Waals surface area contributed by atoms with Crippen molar-refractivity contribution in [3.63, 3.8) is 0 Å². The molecular weight excluding hydrogens is 402 g/mol. The molecule has 1 heterocycles. The molecule has 0 bridgehead atoms. The van der Waals surface area contributed by atoms with E-state index in [9.17, 15) is 4.79 Å². The van der Waals surface area contributed by atoms with Gasteiger partial charge in [-0.3, -0.25) is 4.79 Å². The molecule has 3 aromatic rings. The van der Waals surface area contributed by atoms with Crippen molar-refractivity contribution in [2.75, 3.05) is 13.7 Å². The Balaban J connectivity index is 1.63. The van der Waals surface area contributed by atoms with Crippen LogP contribution in [0.4, 0.5) is 0 Å². The molecule has 0 fully saturated rings. The first-order valence-electron chi connectivity index (χ1n) is 10.9. The molecule has 168 valence electrons. The van der Waals surface area contributed by atoms with Gasteiger partial charge in [0.2, 0.25) is 5.91 Å². The molecule has 6 nitrogen and oxygen atoms in total. The van der Waals surface area contributed by atoms with Crippen molar-refractivity contribution in [1.29, 1.82) is 0 Å². The molecule has 0 aliphatic heterocycles. The second-order valence-corrected chi connectivity index (χ2v) is 7.58. The zero-order valence-corrected chi connectivity index (χ0v) is 18.8. The Morgan fingerprint density at radius 1 is 1.19 bits per heavy atom. The summed E-state index contributed by atoms with van der Waals surface area (Å²) in [6.07, 6.45) is 5.72. The van der Waals surface area contributed by atoms with E-state index >= 15 is 0 Å². The van der Waals surface area contributed by atoms with Gasteiger partial charge in [0.25, 0.3) is 0 Å². The van der Waals surface area contributed by atoms with Crippen LogP contribution in [0.25, 0.3) is 11.0 Å². The highest BCUT2D eigenvalue weighted by atomic mass is 16.5. The summed E-state index contributed by atoms with van der Waals surface area (Å²) in [6.45, 7) is 10.6. The number of carbonyl (C=O) groups is 1. The normalized spacial score (nSPS) is 11.7. The number of rotatable bonds is 12. The van der Waals surface area contributed by atoms with E-state index in [2.05, 4.69) is 29.1 Å². The van der Waals surface area contributed by atoms with E-state index in [4.69, 9.17) is 14.5 Å². The second-order valence-electron chi connectivity index (χ2n) is 7.58. The van der Waals surface area contributed by atoms with Gasteiger partial charge >= 0.3 is 0 Å². The van der Waals surface area contributed by atoms with Crippen LogP contribution < -0.4 is 14.8 Å². The number of carbonyl (C=O) groups excluding carboxylic acids is 1. The summed E-state index contributed by atoms with van der Waals surface area (Å²) in [5, 5.41) is 2.91. The minimum Gasteiger partial charge on any atom is -0.493 e. The average molecular weight is 434 g/mol. The Morgan fingerprint density at radius 3 is 2.75 bits per heavy atom. The molecule has 0 saturated carbocycles. The number of nitrogens with zero attached hydrogens (tertiary/aromatic N) is 2. The lowest BCUT2D eigenvalue weighted by molar-refractivity contribution is -0.117. The molecule has 32 heavy (non-hydrogen) atoms. The number of unbranched alkanes of at least 4 members (excludes halogenated alkanes) is 1. The minimum absolute atomic E-state index is 0.211. The second kappa shape index (κ2) is 11.2. The Kier molecular flexibility index (Phi) is 8.08. The van der Waals surface area contributed by atoms with Crippen molar-refractivity contribution in [3.8, 4) is 11.5 Å². The van der Waals surface area contributed by atoms with Crippen LogP contribution in [0.5, 0.6) is 11.5 Å². The first-order valence-corrected chi connectivity index (χ1v) is 10.9. The predicted molar refractivity (Wildman–Crippen MR) is 128 cm³/mol. The Hall–Kier alpha value is -3.54. The fourth-order valence-electron chi connectivity index (χ4n) is 3.68. The van der Waals surface area contributed by atoms with Crippen LogP contribution in [-0.2, 0) is 17.8 Å². The molecule has 0 aliphatic carbocycles. The third-order valence-corrected chi connectivity index (χ3v) is 5.26. The quantitative estimate of drug-likeness (QED) is 0.248. The van der Waals surface area contributed by atoms with Crippen LogP contribution >= 0.6 is 0 Å². The summed E-state index contributed by atoms with van der Waals surface area (Å²) < 4.78 is 13.6. The molecule has 6 heteroatoms. The molecule has 1 amide bonds. The Labute approximate surface area is 189 Å². The fourth-order valence-corrected chi connectivity index (χ4v) is 3.68.